The fourth-order valence-corrected chi connectivity index (χ4v) is 3.24. The van der Waals surface area contributed by atoms with Crippen LogP contribution in [-0.4, -0.2) is 25.7 Å². The highest BCUT2D eigenvalue weighted by Crippen LogP contribution is 2.37. The summed E-state index contributed by atoms with van der Waals surface area (Å²) in [5.41, 5.74) is 1.30. The maximum atomic E-state index is 6.43. The van der Waals surface area contributed by atoms with Crippen molar-refractivity contribution in [3.8, 4) is 0 Å². The van der Waals surface area contributed by atoms with Gasteiger partial charge < -0.3 is 4.43 Å². The lowest BCUT2D eigenvalue weighted by molar-refractivity contribution is 0.282. The molecule has 1 aromatic rings. The summed E-state index contributed by atoms with van der Waals surface area (Å²) in [6.07, 6.45) is 1.83. The minimum absolute atomic E-state index is 0.0587. The Morgan fingerprint density at radius 3 is 2.14 bits per heavy atom. The van der Waals surface area contributed by atoms with Gasteiger partial charge in [0.15, 0.2) is 8.32 Å². The molecule has 0 aliphatic carbocycles. The highest BCUT2D eigenvalue weighted by molar-refractivity contribution is 6.74. The number of halogens is 2. The van der Waals surface area contributed by atoms with Crippen molar-refractivity contribution in [2.24, 2.45) is 0 Å². The van der Waals surface area contributed by atoms with Crippen LogP contribution in [0.5, 0.6) is 0 Å². The molecule has 1 aromatic carbocycles. The SMILES string of the molecule is CC(C)(C)[Si](C)(C)OC[C@@H](Cl)[C@H](Cl)CCc1ccccc1. The Hall–Kier alpha value is -0.0231. The van der Waals surface area contributed by atoms with E-state index in [2.05, 4.69) is 58.1 Å². The molecule has 0 saturated heterocycles. The lowest BCUT2D eigenvalue weighted by atomic mass is 10.1. The van der Waals surface area contributed by atoms with E-state index < -0.39 is 8.32 Å². The molecule has 0 heterocycles. The van der Waals surface area contributed by atoms with Crippen molar-refractivity contribution < 1.29 is 4.43 Å². The topological polar surface area (TPSA) is 9.23 Å². The second kappa shape index (κ2) is 8.01. The third-order valence-electron chi connectivity index (χ3n) is 4.35. The Balaban J connectivity index is 2.39. The molecule has 0 aromatic heterocycles. The average molecular weight is 347 g/mol. The largest absolute Gasteiger partial charge is 0.415 e. The van der Waals surface area contributed by atoms with Crippen LogP contribution in [0.2, 0.25) is 18.1 Å². The van der Waals surface area contributed by atoms with E-state index in [-0.39, 0.29) is 15.8 Å². The predicted molar refractivity (Wildman–Crippen MR) is 97.2 cm³/mol. The molecule has 4 heteroatoms. The smallest absolute Gasteiger partial charge is 0.192 e. The van der Waals surface area contributed by atoms with Crippen LogP contribution in [0.3, 0.4) is 0 Å². The maximum absolute atomic E-state index is 6.43. The molecule has 0 spiro atoms. The zero-order chi connectivity index (χ0) is 16.1. The first-order valence-electron chi connectivity index (χ1n) is 7.59. The molecule has 0 radical (unpaired) electrons. The lowest BCUT2D eigenvalue weighted by Crippen LogP contribution is -2.43. The second-order valence-electron chi connectivity index (χ2n) is 7.13. The monoisotopic (exact) mass is 346 g/mol. The minimum Gasteiger partial charge on any atom is -0.415 e. The van der Waals surface area contributed by atoms with Crippen LogP contribution in [0.25, 0.3) is 0 Å². The van der Waals surface area contributed by atoms with Crippen molar-refractivity contribution in [2.45, 2.75) is 62.5 Å². The first-order chi connectivity index (χ1) is 9.63. The van der Waals surface area contributed by atoms with Crippen LogP contribution in [0, 0.1) is 0 Å². The minimum atomic E-state index is -1.74. The highest BCUT2D eigenvalue weighted by Gasteiger charge is 2.37. The van der Waals surface area contributed by atoms with E-state index in [1.54, 1.807) is 0 Å². The van der Waals surface area contributed by atoms with E-state index in [0.29, 0.717) is 6.61 Å². The Bertz CT molecular complexity index is 415. The summed E-state index contributed by atoms with van der Waals surface area (Å²) in [5, 5.41) is 0.0104. The Kier molecular flexibility index (Phi) is 7.25. The van der Waals surface area contributed by atoms with E-state index in [9.17, 15) is 0 Å². The molecule has 1 rings (SSSR count). The Morgan fingerprint density at radius 2 is 1.62 bits per heavy atom. The number of alkyl halides is 2. The molecular weight excluding hydrogens is 319 g/mol. The molecule has 0 aliphatic heterocycles. The maximum Gasteiger partial charge on any atom is 0.192 e. The number of aryl methyl sites for hydroxylation is 1. The number of benzene rings is 1. The quantitative estimate of drug-likeness (QED) is 0.444. The Morgan fingerprint density at radius 1 is 1.05 bits per heavy atom. The molecule has 0 fully saturated rings. The molecule has 0 bridgehead atoms. The summed E-state index contributed by atoms with van der Waals surface area (Å²) >= 11 is 12.8. The molecule has 0 saturated carbocycles. The third-order valence-corrected chi connectivity index (χ3v) is 9.94. The zero-order valence-electron chi connectivity index (χ0n) is 13.8. The fourth-order valence-electron chi connectivity index (χ4n) is 1.74. The van der Waals surface area contributed by atoms with E-state index in [1.165, 1.54) is 5.56 Å². The van der Waals surface area contributed by atoms with Gasteiger partial charge in [0.05, 0.1) is 17.4 Å². The van der Waals surface area contributed by atoms with Gasteiger partial charge in [-0.3, -0.25) is 0 Å². The molecule has 120 valence electrons. The van der Waals surface area contributed by atoms with Crippen molar-refractivity contribution in [1.82, 2.24) is 0 Å². The first-order valence-corrected chi connectivity index (χ1v) is 11.4. The fraction of sp³-hybridized carbons (Fsp3) is 0.647. The standard InChI is InChI=1S/C17H28Cl2OSi/c1-17(2,3)21(4,5)20-13-16(19)15(18)12-11-14-9-7-6-8-10-14/h6-10,15-16H,11-13H2,1-5H3/t15-,16-/m1/s1. The van der Waals surface area contributed by atoms with Crippen molar-refractivity contribution in [3.05, 3.63) is 35.9 Å². The van der Waals surface area contributed by atoms with Crippen LogP contribution in [-0.2, 0) is 10.8 Å². The van der Waals surface area contributed by atoms with Gasteiger partial charge in [-0.1, -0.05) is 51.1 Å². The summed E-state index contributed by atoms with van der Waals surface area (Å²) in [6, 6.07) is 10.4. The summed E-state index contributed by atoms with van der Waals surface area (Å²) < 4.78 is 6.15. The molecule has 0 N–H and O–H groups in total. The molecule has 0 unspecified atom stereocenters. The van der Waals surface area contributed by atoms with E-state index in [1.807, 2.05) is 6.07 Å². The number of rotatable bonds is 7. The summed E-state index contributed by atoms with van der Waals surface area (Å²) in [5.74, 6) is 0. The van der Waals surface area contributed by atoms with Crippen LogP contribution in [0.4, 0.5) is 0 Å². The van der Waals surface area contributed by atoms with Crippen LogP contribution in [0.1, 0.15) is 32.8 Å². The third kappa shape index (κ3) is 6.31. The molecule has 0 aliphatic rings. The highest BCUT2D eigenvalue weighted by atomic mass is 35.5. The van der Waals surface area contributed by atoms with Crippen molar-refractivity contribution in [1.29, 1.82) is 0 Å². The van der Waals surface area contributed by atoms with E-state index in [0.717, 1.165) is 12.8 Å². The predicted octanol–water partition coefficient (Wildman–Crippen LogP) is 5.86. The normalized spacial score (nSPS) is 15.8. The molecule has 1 nitrogen and oxygen atoms in total. The van der Waals surface area contributed by atoms with Crippen molar-refractivity contribution >= 4 is 31.5 Å². The average Bonchev–Trinajstić information content (AvgIpc) is 2.42. The van der Waals surface area contributed by atoms with Gasteiger partial charge in [0.25, 0.3) is 0 Å². The van der Waals surface area contributed by atoms with Gasteiger partial charge in [-0.05, 0) is 36.5 Å². The summed E-state index contributed by atoms with van der Waals surface area (Å²) in [7, 11) is -1.74. The molecule has 0 amide bonds. The summed E-state index contributed by atoms with van der Waals surface area (Å²) in [6.45, 7) is 11.7. The van der Waals surface area contributed by atoms with Gasteiger partial charge in [0.1, 0.15) is 0 Å². The van der Waals surface area contributed by atoms with Gasteiger partial charge in [-0.2, -0.15) is 0 Å². The van der Waals surface area contributed by atoms with Gasteiger partial charge in [-0.15, -0.1) is 23.2 Å². The summed E-state index contributed by atoms with van der Waals surface area (Å²) in [4.78, 5) is 0. The van der Waals surface area contributed by atoms with Gasteiger partial charge in [0.2, 0.25) is 0 Å². The van der Waals surface area contributed by atoms with Crippen LogP contribution >= 0.6 is 23.2 Å². The number of hydrogen-bond acceptors (Lipinski definition) is 1. The molecule has 2 atom stereocenters. The lowest BCUT2D eigenvalue weighted by Gasteiger charge is -2.37. The van der Waals surface area contributed by atoms with Gasteiger partial charge in [-0.25, -0.2) is 0 Å². The van der Waals surface area contributed by atoms with Gasteiger partial charge >= 0.3 is 0 Å². The van der Waals surface area contributed by atoms with Crippen LogP contribution in [0.15, 0.2) is 30.3 Å². The van der Waals surface area contributed by atoms with Gasteiger partial charge in [0, 0.05) is 0 Å². The Labute approximate surface area is 141 Å². The van der Waals surface area contributed by atoms with Crippen LogP contribution < -0.4 is 0 Å². The molecule has 21 heavy (non-hydrogen) atoms. The van der Waals surface area contributed by atoms with Crippen molar-refractivity contribution in [3.63, 3.8) is 0 Å². The second-order valence-corrected chi connectivity index (χ2v) is 13.1. The van der Waals surface area contributed by atoms with Crippen molar-refractivity contribution in [2.75, 3.05) is 6.61 Å². The molecular formula is C17H28Cl2OSi. The van der Waals surface area contributed by atoms with E-state index in [4.69, 9.17) is 27.6 Å². The zero-order valence-corrected chi connectivity index (χ0v) is 16.3. The van der Waals surface area contributed by atoms with E-state index >= 15 is 0 Å². The number of hydrogen-bond donors (Lipinski definition) is 0. The first kappa shape index (κ1) is 19.0.